The van der Waals surface area contributed by atoms with Gasteiger partial charge in [-0.05, 0) is 32.9 Å². The Balaban J connectivity index is 1.94. The van der Waals surface area contributed by atoms with E-state index < -0.39 is 35.0 Å². The lowest BCUT2D eigenvalue weighted by Crippen LogP contribution is -2.46. The van der Waals surface area contributed by atoms with E-state index in [0.717, 1.165) is 6.07 Å². The van der Waals surface area contributed by atoms with E-state index in [1.807, 2.05) is 20.8 Å². The molecule has 5 nitrogen and oxygen atoms in total. The van der Waals surface area contributed by atoms with E-state index in [9.17, 15) is 18.0 Å². The van der Waals surface area contributed by atoms with Crippen LogP contribution in [-0.2, 0) is 10.9 Å². The highest BCUT2D eigenvalue weighted by Crippen LogP contribution is 2.37. The lowest BCUT2D eigenvalue weighted by molar-refractivity contribution is -0.138. The molecule has 1 aliphatic rings. The Morgan fingerprint density at radius 3 is 2.40 bits per heavy atom. The predicted molar refractivity (Wildman–Crippen MR) is 83.0 cm³/mol. The van der Waals surface area contributed by atoms with Crippen molar-refractivity contribution in [2.24, 2.45) is 0 Å². The number of benzene rings is 1. The number of nitrogens with zero attached hydrogens (tertiary/aromatic N) is 1. The molecule has 0 saturated heterocycles. The third-order valence-corrected chi connectivity index (χ3v) is 3.54. The van der Waals surface area contributed by atoms with Crippen molar-refractivity contribution in [2.45, 2.75) is 57.5 Å². The van der Waals surface area contributed by atoms with Gasteiger partial charge >= 0.3 is 12.3 Å². The highest BCUT2D eigenvalue weighted by molar-refractivity contribution is 5.68. The van der Waals surface area contributed by atoms with Crippen LogP contribution >= 0.6 is 0 Å². The Hall–Kier alpha value is -2.43. The van der Waals surface area contributed by atoms with Crippen LogP contribution in [0.25, 0.3) is 0 Å². The molecule has 0 heterocycles. The van der Waals surface area contributed by atoms with Crippen LogP contribution in [0.4, 0.5) is 18.0 Å². The van der Waals surface area contributed by atoms with Crippen molar-refractivity contribution in [1.29, 1.82) is 5.26 Å². The molecule has 1 aliphatic carbocycles. The zero-order chi connectivity index (χ0) is 18.8. The van der Waals surface area contributed by atoms with Gasteiger partial charge in [0.25, 0.3) is 0 Å². The number of hydrogen-bond acceptors (Lipinski definition) is 4. The Bertz CT molecular complexity index is 684. The smallest absolute Gasteiger partial charge is 0.417 e. The Kier molecular flexibility index (Phi) is 5.16. The van der Waals surface area contributed by atoms with Gasteiger partial charge in [-0.2, -0.15) is 18.4 Å². The molecule has 25 heavy (non-hydrogen) atoms. The number of halogens is 3. The molecule has 0 radical (unpaired) electrons. The average molecular weight is 356 g/mol. The summed E-state index contributed by atoms with van der Waals surface area (Å²) in [6.07, 6.45) is -5.21. The fourth-order valence-corrected chi connectivity index (χ4v) is 2.36. The van der Waals surface area contributed by atoms with Crippen molar-refractivity contribution >= 4 is 6.09 Å². The number of carbonyl (C=O) groups is 1. The van der Waals surface area contributed by atoms with Crippen molar-refractivity contribution in [3.05, 3.63) is 29.3 Å². The molecule has 1 saturated carbocycles. The first-order valence-electron chi connectivity index (χ1n) is 7.75. The van der Waals surface area contributed by atoms with Crippen LogP contribution in [0, 0.1) is 11.3 Å². The Morgan fingerprint density at radius 2 is 1.88 bits per heavy atom. The summed E-state index contributed by atoms with van der Waals surface area (Å²) in [5.74, 6) is -0.111. The van der Waals surface area contributed by atoms with Gasteiger partial charge < -0.3 is 14.8 Å². The zero-order valence-electron chi connectivity index (χ0n) is 14.1. The standard InChI is InChI=1S/C17H19F3N2O3/c1-16(2,3)22-15(23)25-11-7-10(8-11)24-14-6-4-5-13(12(14)9-21)17(18,19)20/h4-6,10-11H,7-8H2,1-3H3,(H,22,23). The molecule has 1 fully saturated rings. The van der Waals surface area contributed by atoms with E-state index >= 15 is 0 Å². The van der Waals surface area contributed by atoms with Crippen LogP contribution < -0.4 is 10.1 Å². The van der Waals surface area contributed by atoms with Gasteiger partial charge in [0.15, 0.2) is 0 Å². The largest absolute Gasteiger partial charge is 0.489 e. The molecule has 0 aromatic heterocycles. The lowest BCUT2D eigenvalue weighted by Gasteiger charge is -2.35. The molecule has 0 spiro atoms. The molecular weight excluding hydrogens is 337 g/mol. The van der Waals surface area contributed by atoms with E-state index in [-0.39, 0.29) is 11.9 Å². The van der Waals surface area contributed by atoms with Gasteiger partial charge in [-0.15, -0.1) is 0 Å². The second kappa shape index (κ2) is 6.82. The number of ether oxygens (including phenoxy) is 2. The van der Waals surface area contributed by atoms with E-state index in [0.29, 0.717) is 12.8 Å². The maximum atomic E-state index is 12.9. The predicted octanol–water partition coefficient (Wildman–Crippen LogP) is 4.01. The van der Waals surface area contributed by atoms with Crippen LogP contribution in [0.15, 0.2) is 18.2 Å². The van der Waals surface area contributed by atoms with E-state index in [1.165, 1.54) is 12.1 Å². The van der Waals surface area contributed by atoms with Crippen LogP contribution in [0.3, 0.4) is 0 Å². The van der Waals surface area contributed by atoms with Gasteiger partial charge in [-0.1, -0.05) is 6.07 Å². The van der Waals surface area contributed by atoms with Gasteiger partial charge in [0.05, 0.1) is 5.56 Å². The fraction of sp³-hybridized carbons (Fsp3) is 0.529. The van der Waals surface area contributed by atoms with Crippen molar-refractivity contribution in [2.75, 3.05) is 0 Å². The Labute approximate surface area is 143 Å². The van der Waals surface area contributed by atoms with Crippen LogP contribution in [-0.4, -0.2) is 23.8 Å². The minimum Gasteiger partial charge on any atom is -0.489 e. The highest BCUT2D eigenvalue weighted by atomic mass is 19.4. The molecule has 0 aliphatic heterocycles. The first-order chi connectivity index (χ1) is 11.5. The Morgan fingerprint density at radius 1 is 1.24 bits per heavy atom. The summed E-state index contributed by atoms with van der Waals surface area (Å²) in [6.45, 7) is 5.45. The SMILES string of the molecule is CC(C)(C)NC(=O)OC1CC(Oc2cccc(C(F)(F)F)c2C#N)C1. The number of nitriles is 1. The number of amides is 1. The minimum atomic E-state index is -4.62. The third kappa shape index (κ3) is 5.02. The maximum Gasteiger partial charge on any atom is 0.417 e. The van der Waals surface area contributed by atoms with Gasteiger partial charge in [-0.3, -0.25) is 0 Å². The number of alkyl halides is 3. The van der Waals surface area contributed by atoms with Gasteiger partial charge in [0, 0.05) is 18.4 Å². The first kappa shape index (κ1) is 18.9. The average Bonchev–Trinajstić information content (AvgIpc) is 2.41. The molecule has 1 aromatic carbocycles. The fourth-order valence-electron chi connectivity index (χ4n) is 2.36. The van der Waals surface area contributed by atoms with Crippen molar-refractivity contribution in [3.63, 3.8) is 0 Å². The van der Waals surface area contributed by atoms with E-state index in [2.05, 4.69) is 5.32 Å². The summed E-state index contributed by atoms with van der Waals surface area (Å²) in [4.78, 5) is 11.6. The summed E-state index contributed by atoms with van der Waals surface area (Å²) < 4.78 is 49.4. The van der Waals surface area contributed by atoms with Gasteiger partial charge in [0.2, 0.25) is 0 Å². The normalized spacial score (nSPS) is 20.2. The monoisotopic (exact) mass is 356 g/mol. The number of alkyl carbamates (subject to hydrolysis) is 1. The van der Waals surface area contributed by atoms with Crippen LogP contribution in [0.1, 0.15) is 44.7 Å². The van der Waals surface area contributed by atoms with Crippen molar-refractivity contribution < 1.29 is 27.4 Å². The second-order valence-electron chi connectivity index (χ2n) is 6.90. The summed E-state index contributed by atoms with van der Waals surface area (Å²) in [7, 11) is 0. The van der Waals surface area contributed by atoms with Crippen LogP contribution in [0.5, 0.6) is 5.75 Å². The molecular formula is C17H19F3N2O3. The maximum absolute atomic E-state index is 12.9. The number of rotatable bonds is 3. The molecule has 1 N–H and O–H groups in total. The molecule has 0 atom stereocenters. The molecule has 1 aromatic rings. The second-order valence-corrected chi connectivity index (χ2v) is 6.90. The van der Waals surface area contributed by atoms with Crippen LogP contribution in [0.2, 0.25) is 0 Å². The molecule has 0 bridgehead atoms. The molecule has 0 unspecified atom stereocenters. The summed E-state index contributed by atoms with van der Waals surface area (Å²) in [5.41, 5.74) is -1.98. The van der Waals surface area contributed by atoms with E-state index in [4.69, 9.17) is 14.7 Å². The topological polar surface area (TPSA) is 71.3 Å². The van der Waals surface area contributed by atoms with Crippen molar-refractivity contribution in [3.8, 4) is 11.8 Å². The summed E-state index contributed by atoms with van der Waals surface area (Å²) in [5, 5.41) is 11.7. The zero-order valence-corrected chi connectivity index (χ0v) is 14.1. The first-order valence-corrected chi connectivity index (χ1v) is 7.75. The molecule has 8 heteroatoms. The molecule has 1 amide bonds. The summed E-state index contributed by atoms with van der Waals surface area (Å²) >= 11 is 0. The molecule has 2 rings (SSSR count). The summed E-state index contributed by atoms with van der Waals surface area (Å²) in [6, 6.07) is 4.92. The third-order valence-electron chi connectivity index (χ3n) is 3.54. The molecule has 136 valence electrons. The minimum absolute atomic E-state index is 0.111. The van der Waals surface area contributed by atoms with E-state index in [1.54, 1.807) is 6.07 Å². The number of carbonyl (C=O) groups excluding carboxylic acids is 1. The van der Waals surface area contributed by atoms with Gasteiger partial charge in [0.1, 0.15) is 29.6 Å². The highest BCUT2D eigenvalue weighted by Gasteiger charge is 2.38. The number of hydrogen-bond donors (Lipinski definition) is 1. The van der Waals surface area contributed by atoms with Gasteiger partial charge in [-0.25, -0.2) is 4.79 Å². The van der Waals surface area contributed by atoms with Crippen molar-refractivity contribution in [1.82, 2.24) is 5.32 Å². The lowest BCUT2D eigenvalue weighted by atomic mass is 9.91. The number of nitrogens with one attached hydrogen (secondary N) is 1. The quantitative estimate of drug-likeness (QED) is 0.888.